The molecule has 0 unspecified atom stereocenters. The van der Waals surface area contributed by atoms with Gasteiger partial charge in [0.25, 0.3) is 0 Å². The molecule has 11 heteroatoms. The molecule has 4 aliphatic carbocycles. The van der Waals surface area contributed by atoms with Crippen molar-refractivity contribution >= 4 is 0 Å². The quantitative estimate of drug-likeness (QED) is 0.0517. The molecule has 4 aromatic carbocycles. The maximum absolute atomic E-state index is 14.0. The van der Waals surface area contributed by atoms with Crippen LogP contribution in [-0.2, 0) is 51.4 Å². The molecule has 0 spiro atoms. The highest BCUT2D eigenvalue weighted by molar-refractivity contribution is 5.44. The van der Waals surface area contributed by atoms with Crippen molar-refractivity contribution in [1.29, 1.82) is 0 Å². The Morgan fingerprint density at radius 3 is 0.986 bits per heavy atom. The van der Waals surface area contributed by atoms with E-state index >= 15 is 0 Å². The van der Waals surface area contributed by atoms with Gasteiger partial charge in [-0.05, 0) is 172 Å². The molecule has 1 nitrogen and oxygen atoms in total. The molecule has 0 fully saturated rings. The minimum absolute atomic E-state index is 0.312. The highest BCUT2D eigenvalue weighted by Gasteiger charge is 2.33. The van der Waals surface area contributed by atoms with Crippen molar-refractivity contribution in [2.45, 2.75) is 201 Å². The van der Waals surface area contributed by atoms with Crippen LogP contribution in [0, 0.1) is 40.7 Å². The Labute approximate surface area is 434 Å². The van der Waals surface area contributed by atoms with Crippen LogP contribution in [0.15, 0.2) is 95.1 Å². The second-order valence-corrected chi connectivity index (χ2v) is 20.1. The molecule has 0 atom stereocenters. The predicted molar refractivity (Wildman–Crippen MR) is 280 cm³/mol. The van der Waals surface area contributed by atoms with Gasteiger partial charge in [0.2, 0.25) is 0 Å². The van der Waals surface area contributed by atoms with E-state index in [0.717, 1.165) is 86.1 Å². The molecule has 0 saturated carbocycles. The van der Waals surface area contributed by atoms with Crippen LogP contribution in [-0.4, -0.2) is 6.36 Å². The van der Waals surface area contributed by atoms with E-state index in [4.69, 9.17) is 0 Å². The Morgan fingerprint density at radius 1 is 0.351 bits per heavy atom. The van der Waals surface area contributed by atoms with Gasteiger partial charge in [-0.1, -0.05) is 163 Å². The summed E-state index contributed by atoms with van der Waals surface area (Å²) in [5, 5.41) is 0. The number of unbranched alkanes of at least 4 members (excludes halogenated alkanes) is 10. The molecule has 8 rings (SSSR count). The molecule has 0 saturated heterocycles. The van der Waals surface area contributed by atoms with Crippen LogP contribution in [0.2, 0.25) is 0 Å². The minimum atomic E-state index is -4.87. The molecule has 404 valence electrons. The summed E-state index contributed by atoms with van der Waals surface area (Å²) in [7, 11) is 0. The van der Waals surface area contributed by atoms with Gasteiger partial charge in [-0.15, -0.1) is 13.2 Å². The first-order valence-electron chi connectivity index (χ1n) is 27.2. The Kier molecular flexibility index (Phi) is 24.6. The van der Waals surface area contributed by atoms with Gasteiger partial charge in [-0.25, -0.2) is 30.7 Å². The lowest BCUT2D eigenvalue weighted by Gasteiger charge is -2.19. The van der Waals surface area contributed by atoms with Crippen LogP contribution >= 0.6 is 0 Å². The fraction of sp³-hybridized carbons (Fsp3) is 0.492. The Balaban J connectivity index is 0.000000183. The fourth-order valence-electron chi connectivity index (χ4n) is 10.0. The average Bonchev–Trinajstić information content (AvgIpc) is 3.39. The number of fused-ring (bicyclic) bond motifs is 4. The van der Waals surface area contributed by atoms with Crippen LogP contribution in [0.4, 0.5) is 43.9 Å². The number of hydrogen-bond donors (Lipinski definition) is 0. The van der Waals surface area contributed by atoms with Crippen LogP contribution in [0.5, 0.6) is 5.75 Å². The van der Waals surface area contributed by atoms with Crippen molar-refractivity contribution in [3.05, 3.63) is 180 Å². The summed E-state index contributed by atoms with van der Waals surface area (Å²) in [5.41, 5.74) is 11.0. The van der Waals surface area contributed by atoms with E-state index in [9.17, 15) is 43.9 Å². The Morgan fingerprint density at radius 2 is 0.635 bits per heavy atom. The smallest absolute Gasteiger partial charge is 0.403 e. The van der Waals surface area contributed by atoms with Gasteiger partial charge >= 0.3 is 6.36 Å². The first kappa shape index (κ1) is 59.8. The standard InChI is InChI=1S/C17H22F2.C16H20F2.C15H16F4O.C15H18F2/c1-2-3-4-5-6-7-13-8-10-15-14(12-13)9-11-16(18)17(15)19;1-2-3-4-5-6-12-7-9-14-13(11-12)8-10-15(17)16(14)18;1-2-3-4-10-5-7-12-11(9-10)6-8-13(14(12)16)20-15(17,18)19;1-2-3-4-5-11-6-8-13-12(10-11)7-9-14(16)15(13)17/h8-9,11H,2-7,10,12H2,1H3;7-8,10H,2-6,9,11H2,1H3;5-6,8H,2-4,7,9H2,1H3;6-7,9H,2-5,8,10H2,1H3. The van der Waals surface area contributed by atoms with Crippen molar-refractivity contribution < 1.29 is 48.6 Å². The van der Waals surface area contributed by atoms with E-state index < -0.39 is 52.8 Å². The van der Waals surface area contributed by atoms with E-state index in [-0.39, 0.29) is 0 Å². The van der Waals surface area contributed by atoms with Gasteiger partial charge in [0.1, 0.15) is 0 Å². The third-order valence-corrected chi connectivity index (χ3v) is 14.4. The normalized spacial score (nSPS) is 14.4. The monoisotopic (exact) mass is 1040 g/mol. The molecule has 0 radical (unpaired) electrons. The fourth-order valence-corrected chi connectivity index (χ4v) is 10.0. The van der Waals surface area contributed by atoms with Crippen molar-refractivity contribution in [3.63, 3.8) is 0 Å². The topological polar surface area (TPSA) is 9.23 Å². The summed E-state index contributed by atoms with van der Waals surface area (Å²) in [6.07, 6.45) is 29.6. The number of halogens is 10. The van der Waals surface area contributed by atoms with Gasteiger partial charge in [0.15, 0.2) is 46.5 Å². The van der Waals surface area contributed by atoms with Gasteiger partial charge in [0, 0.05) is 0 Å². The maximum Gasteiger partial charge on any atom is 0.573 e. The molecule has 4 aromatic rings. The van der Waals surface area contributed by atoms with E-state index in [1.807, 2.05) is 6.08 Å². The lowest BCUT2D eigenvalue weighted by Crippen LogP contribution is -2.19. The Hall–Kier alpha value is -5.06. The molecule has 0 aromatic heterocycles. The minimum Gasteiger partial charge on any atom is -0.403 e. The molecule has 0 heterocycles. The molecule has 0 aliphatic heterocycles. The van der Waals surface area contributed by atoms with Crippen molar-refractivity contribution in [3.8, 4) is 5.75 Å². The van der Waals surface area contributed by atoms with Crippen molar-refractivity contribution in [1.82, 2.24) is 0 Å². The van der Waals surface area contributed by atoms with E-state index in [2.05, 4.69) is 50.7 Å². The summed E-state index contributed by atoms with van der Waals surface area (Å²) in [6.45, 7) is 8.70. The van der Waals surface area contributed by atoms with Crippen LogP contribution in [0.3, 0.4) is 0 Å². The number of benzene rings is 4. The second kappa shape index (κ2) is 30.5. The first-order valence-corrected chi connectivity index (χ1v) is 27.2. The summed E-state index contributed by atoms with van der Waals surface area (Å²) >= 11 is 0. The van der Waals surface area contributed by atoms with Crippen LogP contribution < -0.4 is 4.74 Å². The number of hydrogen-bond acceptors (Lipinski definition) is 1. The van der Waals surface area contributed by atoms with Gasteiger partial charge in [-0.2, -0.15) is 0 Å². The first-order chi connectivity index (χ1) is 35.6. The summed E-state index contributed by atoms with van der Waals surface area (Å²) in [6, 6.07) is 11.5. The van der Waals surface area contributed by atoms with Crippen LogP contribution in [0.1, 0.15) is 188 Å². The molecular weight excluding hydrogens is 963 g/mol. The lowest BCUT2D eigenvalue weighted by atomic mass is 9.88. The lowest BCUT2D eigenvalue weighted by molar-refractivity contribution is -0.275. The molecular formula is C63H76F10O. The summed E-state index contributed by atoms with van der Waals surface area (Å²) < 4.78 is 134. The summed E-state index contributed by atoms with van der Waals surface area (Å²) in [4.78, 5) is 0. The number of rotatable bonds is 19. The van der Waals surface area contributed by atoms with Gasteiger partial charge in [-0.3, -0.25) is 0 Å². The highest BCUT2D eigenvalue weighted by atomic mass is 19.4. The highest BCUT2D eigenvalue weighted by Crippen LogP contribution is 2.35. The average molecular weight is 1040 g/mol. The zero-order chi connectivity index (χ0) is 53.6. The van der Waals surface area contributed by atoms with E-state index in [1.54, 1.807) is 18.2 Å². The SMILES string of the molecule is CCCCC1=CCc2c(ccc(OC(F)(F)F)c2F)C1.CCCCCC1=CCc2c(ccc(F)c2F)C1.CCCCCCC1=CCc2c(ccc(F)c2F)C1.CCCCCCCC1=CCc2c(ccc(F)c2F)C1. The number of alkyl halides is 3. The third-order valence-electron chi connectivity index (χ3n) is 14.4. The van der Waals surface area contributed by atoms with Gasteiger partial charge in [0.05, 0.1) is 0 Å². The van der Waals surface area contributed by atoms with Gasteiger partial charge < -0.3 is 4.74 Å². The molecule has 4 aliphatic rings. The predicted octanol–water partition coefficient (Wildman–Crippen LogP) is 19.8. The van der Waals surface area contributed by atoms with E-state index in [0.29, 0.717) is 54.4 Å². The third kappa shape index (κ3) is 18.4. The number of allylic oxidation sites excluding steroid dienone is 8. The van der Waals surface area contributed by atoms with Crippen molar-refractivity contribution in [2.24, 2.45) is 0 Å². The van der Waals surface area contributed by atoms with Crippen LogP contribution in [0.25, 0.3) is 0 Å². The molecule has 0 bridgehead atoms. The summed E-state index contributed by atoms with van der Waals surface area (Å²) in [5.74, 6) is -5.81. The largest absolute Gasteiger partial charge is 0.573 e. The molecule has 0 N–H and O–H groups in total. The second-order valence-electron chi connectivity index (χ2n) is 20.1. The Bertz CT molecular complexity index is 2560. The maximum atomic E-state index is 14.0. The van der Waals surface area contributed by atoms with Crippen molar-refractivity contribution in [2.75, 3.05) is 0 Å². The zero-order valence-corrected chi connectivity index (χ0v) is 44.0. The molecule has 74 heavy (non-hydrogen) atoms. The zero-order valence-electron chi connectivity index (χ0n) is 44.0. The molecule has 0 amide bonds. The number of ether oxygens (including phenoxy) is 1. The van der Waals surface area contributed by atoms with E-state index in [1.165, 1.54) is 124 Å².